The fourth-order valence-corrected chi connectivity index (χ4v) is 2.92. The van der Waals surface area contributed by atoms with E-state index in [0.29, 0.717) is 37.7 Å². The standard InChI is InChI=1S/C13H22N2O4S/c1-10(13(18)19-3)8-20-9-12(17)15-6-4-14(5-7-15)11(2)16/h10H,4-9H2,1-3H3. The van der Waals surface area contributed by atoms with Crippen LogP contribution in [-0.4, -0.2) is 72.4 Å². The number of piperazine rings is 1. The summed E-state index contributed by atoms with van der Waals surface area (Å²) in [6.45, 7) is 5.71. The minimum Gasteiger partial charge on any atom is -0.469 e. The Bertz CT molecular complexity index is 367. The van der Waals surface area contributed by atoms with E-state index in [4.69, 9.17) is 0 Å². The molecule has 0 aromatic carbocycles. The first-order valence-electron chi connectivity index (χ1n) is 6.64. The second-order valence-electron chi connectivity index (χ2n) is 4.83. The van der Waals surface area contributed by atoms with Crippen LogP contribution < -0.4 is 0 Å². The number of thioether (sulfide) groups is 1. The smallest absolute Gasteiger partial charge is 0.309 e. The molecule has 1 aliphatic heterocycles. The molecule has 0 aromatic rings. The molecular formula is C13H22N2O4S. The summed E-state index contributed by atoms with van der Waals surface area (Å²) >= 11 is 1.44. The Balaban J connectivity index is 2.24. The highest BCUT2D eigenvalue weighted by molar-refractivity contribution is 7.99. The lowest BCUT2D eigenvalue weighted by atomic mass is 10.2. The number of methoxy groups -OCH3 is 1. The van der Waals surface area contributed by atoms with Gasteiger partial charge >= 0.3 is 5.97 Å². The molecule has 7 heteroatoms. The third kappa shape index (κ3) is 5.03. The van der Waals surface area contributed by atoms with E-state index in [1.54, 1.807) is 23.6 Å². The van der Waals surface area contributed by atoms with E-state index in [2.05, 4.69) is 4.74 Å². The molecule has 0 saturated carbocycles. The highest BCUT2D eigenvalue weighted by Gasteiger charge is 2.22. The van der Waals surface area contributed by atoms with Crippen LogP contribution in [0.3, 0.4) is 0 Å². The maximum atomic E-state index is 12.0. The predicted octanol–water partition coefficient (Wildman–Crippen LogP) is 0.219. The van der Waals surface area contributed by atoms with Crippen LogP contribution in [0.4, 0.5) is 0 Å². The zero-order valence-electron chi connectivity index (χ0n) is 12.3. The average Bonchev–Trinajstić information content (AvgIpc) is 2.46. The van der Waals surface area contributed by atoms with Crippen molar-refractivity contribution in [2.75, 3.05) is 44.8 Å². The molecule has 1 rings (SSSR count). The molecule has 114 valence electrons. The van der Waals surface area contributed by atoms with Gasteiger partial charge in [-0.05, 0) is 0 Å². The van der Waals surface area contributed by atoms with Crippen LogP contribution in [0, 0.1) is 5.92 Å². The molecule has 1 saturated heterocycles. The predicted molar refractivity (Wildman–Crippen MR) is 77.3 cm³/mol. The van der Waals surface area contributed by atoms with Crippen molar-refractivity contribution in [3.05, 3.63) is 0 Å². The summed E-state index contributed by atoms with van der Waals surface area (Å²) < 4.78 is 4.63. The molecule has 1 fully saturated rings. The molecule has 0 bridgehead atoms. The molecule has 0 spiro atoms. The third-order valence-corrected chi connectivity index (χ3v) is 4.46. The number of rotatable bonds is 5. The monoisotopic (exact) mass is 302 g/mol. The van der Waals surface area contributed by atoms with E-state index in [9.17, 15) is 14.4 Å². The van der Waals surface area contributed by atoms with E-state index < -0.39 is 0 Å². The van der Waals surface area contributed by atoms with Crippen molar-refractivity contribution in [3.63, 3.8) is 0 Å². The second kappa shape index (κ2) is 8.14. The van der Waals surface area contributed by atoms with Gasteiger partial charge in [0.1, 0.15) is 0 Å². The first-order chi connectivity index (χ1) is 9.45. The minimum absolute atomic E-state index is 0.0541. The topological polar surface area (TPSA) is 66.9 Å². The maximum absolute atomic E-state index is 12.0. The van der Waals surface area contributed by atoms with Gasteiger partial charge in [0.25, 0.3) is 0 Å². The Morgan fingerprint density at radius 1 is 1.15 bits per heavy atom. The molecule has 0 aromatic heterocycles. The number of amides is 2. The van der Waals surface area contributed by atoms with Gasteiger partial charge in [-0.25, -0.2) is 0 Å². The Morgan fingerprint density at radius 3 is 2.20 bits per heavy atom. The molecule has 1 heterocycles. The average molecular weight is 302 g/mol. The van der Waals surface area contributed by atoms with Crippen molar-refractivity contribution in [2.24, 2.45) is 5.92 Å². The highest BCUT2D eigenvalue weighted by Crippen LogP contribution is 2.12. The van der Waals surface area contributed by atoms with Crippen LogP contribution in [0.25, 0.3) is 0 Å². The fraction of sp³-hybridized carbons (Fsp3) is 0.769. The van der Waals surface area contributed by atoms with Crippen LogP contribution in [0.15, 0.2) is 0 Å². The van der Waals surface area contributed by atoms with Gasteiger partial charge in [-0.3, -0.25) is 14.4 Å². The Labute approximate surface area is 123 Å². The number of carbonyl (C=O) groups is 3. The lowest BCUT2D eigenvalue weighted by Gasteiger charge is -2.34. The summed E-state index contributed by atoms with van der Waals surface area (Å²) in [6.07, 6.45) is 0. The summed E-state index contributed by atoms with van der Waals surface area (Å²) in [5, 5.41) is 0. The number of hydrogen-bond acceptors (Lipinski definition) is 5. The van der Waals surface area contributed by atoms with Crippen LogP contribution in [0.2, 0.25) is 0 Å². The first-order valence-corrected chi connectivity index (χ1v) is 7.80. The summed E-state index contributed by atoms with van der Waals surface area (Å²) in [5.74, 6) is 0.605. The molecular weight excluding hydrogens is 280 g/mol. The van der Waals surface area contributed by atoms with Gasteiger partial charge in [-0.1, -0.05) is 6.92 Å². The molecule has 1 aliphatic rings. The quantitative estimate of drug-likeness (QED) is 0.680. The van der Waals surface area contributed by atoms with Crippen LogP contribution in [0.1, 0.15) is 13.8 Å². The SMILES string of the molecule is COC(=O)C(C)CSCC(=O)N1CCN(C(C)=O)CC1. The van der Waals surface area contributed by atoms with E-state index in [-0.39, 0.29) is 23.7 Å². The van der Waals surface area contributed by atoms with Gasteiger partial charge in [-0.2, -0.15) is 11.8 Å². The van der Waals surface area contributed by atoms with E-state index >= 15 is 0 Å². The Kier molecular flexibility index (Phi) is 6.84. The summed E-state index contributed by atoms with van der Waals surface area (Å²) in [4.78, 5) is 37.9. The number of nitrogens with zero attached hydrogens (tertiary/aromatic N) is 2. The molecule has 0 N–H and O–H groups in total. The molecule has 2 amide bonds. The molecule has 6 nitrogen and oxygen atoms in total. The fourth-order valence-electron chi connectivity index (χ4n) is 1.95. The number of carbonyl (C=O) groups excluding carboxylic acids is 3. The second-order valence-corrected chi connectivity index (χ2v) is 5.86. The zero-order chi connectivity index (χ0) is 15.1. The summed E-state index contributed by atoms with van der Waals surface area (Å²) in [7, 11) is 1.36. The third-order valence-electron chi connectivity index (χ3n) is 3.27. The normalized spacial score (nSPS) is 16.8. The lowest BCUT2D eigenvalue weighted by molar-refractivity contribution is -0.144. The molecule has 20 heavy (non-hydrogen) atoms. The zero-order valence-corrected chi connectivity index (χ0v) is 13.1. The van der Waals surface area contributed by atoms with Crippen molar-refractivity contribution in [1.29, 1.82) is 0 Å². The lowest BCUT2D eigenvalue weighted by Crippen LogP contribution is -2.50. The van der Waals surface area contributed by atoms with Gasteiger partial charge in [0.2, 0.25) is 11.8 Å². The van der Waals surface area contributed by atoms with E-state index in [0.717, 1.165) is 0 Å². The maximum Gasteiger partial charge on any atom is 0.309 e. The molecule has 1 atom stereocenters. The number of esters is 1. The summed E-state index contributed by atoms with van der Waals surface area (Å²) in [5.41, 5.74) is 0. The van der Waals surface area contributed by atoms with Crippen LogP contribution in [-0.2, 0) is 19.1 Å². The minimum atomic E-state index is -0.250. The highest BCUT2D eigenvalue weighted by atomic mass is 32.2. The number of ether oxygens (including phenoxy) is 1. The van der Waals surface area contributed by atoms with Crippen LogP contribution in [0.5, 0.6) is 0 Å². The van der Waals surface area contributed by atoms with Gasteiger partial charge in [-0.15, -0.1) is 0 Å². The first kappa shape index (κ1) is 16.8. The molecule has 1 unspecified atom stereocenters. The van der Waals surface area contributed by atoms with Crippen molar-refractivity contribution >= 4 is 29.5 Å². The number of hydrogen-bond donors (Lipinski definition) is 0. The van der Waals surface area contributed by atoms with E-state index in [1.165, 1.54) is 18.9 Å². The van der Waals surface area contributed by atoms with Crippen molar-refractivity contribution in [3.8, 4) is 0 Å². The van der Waals surface area contributed by atoms with Gasteiger partial charge in [0.15, 0.2) is 0 Å². The summed E-state index contributed by atoms with van der Waals surface area (Å²) in [6, 6.07) is 0. The molecule has 0 radical (unpaired) electrons. The van der Waals surface area contributed by atoms with Gasteiger partial charge < -0.3 is 14.5 Å². The van der Waals surface area contributed by atoms with Gasteiger partial charge in [0, 0.05) is 38.9 Å². The van der Waals surface area contributed by atoms with E-state index in [1.807, 2.05) is 0 Å². The van der Waals surface area contributed by atoms with Crippen molar-refractivity contribution in [2.45, 2.75) is 13.8 Å². The largest absolute Gasteiger partial charge is 0.469 e. The van der Waals surface area contributed by atoms with Crippen LogP contribution >= 0.6 is 11.8 Å². The Hall–Kier alpha value is -1.24. The van der Waals surface area contributed by atoms with Crippen molar-refractivity contribution < 1.29 is 19.1 Å². The molecule has 0 aliphatic carbocycles. The van der Waals surface area contributed by atoms with Crippen molar-refractivity contribution in [1.82, 2.24) is 9.80 Å². The Morgan fingerprint density at radius 2 is 1.70 bits per heavy atom. The van der Waals surface area contributed by atoms with Gasteiger partial charge in [0.05, 0.1) is 18.8 Å².